The van der Waals surface area contributed by atoms with E-state index in [1.54, 1.807) is 6.07 Å². The Hall–Kier alpha value is -3.38. The molecule has 1 spiro atoms. The van der Waals surface area contributed by atoms with Crippen molar-refractivity contribution in [3.8, 4) is 17.9 Å². The van der Waals surface area contributed by atoms with E-state index in [2.05, 4.69) is 5.32 Å². The maximum absolute atomic E-state index is 14.0. The van der Waals surface area contributed by atoms with Gasteiger partial charge in [0.25, 0.3) is 0 Å². The van der Waals surface area contributed by atoms with Gasteiger partial charge >= 0.3 is 6.09 Å². The van der Waals surface area contributed by atoms with Crippen LogP contribution in [0.15, 0.2) is 41.3 Å². The van der Waals surface area contributed by atoms with Crippen LogP contribution in [0, 0.1) is 28.5 Å². The second-order valence-electron chi connectivity index (χ2n) is 7.22. The third-order valence-corrected chi connectivity index (χ3v) is 7.35. The molecule has 2 aromatic carbocycles. The second kappa shape index (κ2) is 7.95. The van der Waals surface area contributed by atoms with Crippen LogP contribution >= 0.6 is 11.6 Å². The van der Waals surface area contributed by atoms with Gasteiger partial charge in [-0.2, -0.15) is 14.8 Å². The largest absolute Gasteiger partial charge is 0.485 e. The summed E-state index contributed by atoms with van der Waals surface area (Å²) in [7, 11) is -4.19. The van der Waals surface area contributed by atoms with Crippen LogP contribution in [0.4, 0.5) is 9.18 Å². The molecule has 2 aromatic rings. The zero-order valence-electron chi connectivity index (χ0n) is 16.2. The average Bonchev–Trinajstić information content (AvgIpc) is 3.31. The van der Waals surface area contributed by atoms with Crippen molar-refractivity contribution in [3.05, 3.63) is 58.4 Å². The lowest BCUT2D eigenvalue weighted by Gasteiger charge is -2.27. The fourth-order valence-electron chi connectivity index (χ4n) is 3.67. The van der Waals surface area contributed by atoms with Gasteiger partial charge in [0.2, 0.25) is 10.0 Å². The van der Waals surface area contributed by atoms with Gasteiger partial charge in [0.1, 0.15) is 28.6 Å². The molecule has 2 atom stereocenters. The number of alkyl carbamates (subject to hydrolysis) is 1. The molecule has 164 valence electrons. The van der Waals surface area contributed by atoms with Gasteiger partial charge in [0, 0.05) is 11.1 Å². The van der Waals surface area contributed by atoms with Crippen LogP contribution in [-0.2, 0) is 14.8 Å². The normalized spacial score (nSPS) is 22.8. The molecular formula is C20H14ClFN4O5S. The van der Waals surface area contributed by atoms with Gasteiger partial charge < -0.3 is 14.8 Å². The molecule has 9 nitrogen and oxygen atoms in total. The van der Waals surface area contributed by atoms with E-state index in [-0.39, 0.29) is 46.4 Å². The topological polar surface area (TPSA) is 133 Å². The Kier molecular flexibility index (Phi) is 5.42. The average molecular weight is 477 g/mol. The van der Waals surface area contributed by atoms with Crippen molar-refractivity contribution in [2.24, 2.45) is 0 Å². The SMILES string of the molecule is N#Cc1ccc(O[C@H]2CN(S(=O)(=O)c3ccc(Cl)cc3C#N)C[C@@]23CNC(=O)O3)cc1F. The molecule has 4 rings (SSSR count). The molecule has 2 aliphatic rings. The Labute approximate surface area is 187 Å². The lowest BCUT2D eigenvalue weighted by atomic mass is 10.0. The molecule has 0 saturated carbocycles. The number of nitrogens with one attached hydrogen (secondary N) is 1. The molecule has 12 heteroatoms. The molecule has 0 radical (unpaired) electrons. The second-order valence-corrected chi connectivity index (χ2v) is 9.56. The molecule has 0 aliphatic carbocycles. The minimum Gasteiger partial charge on any atom is -0.485 e. The number of halogens is 2. The van der Waals surface area contributed by atoms with Crippen LogP contribution < -0.4 is 10.1 Å². The van der Waals surface area contributed by atoms with Crippen molar-refractivity contribution in [3.63, 3.8) is 0 Å². The summed E-state index contributed by atoms with van der Waals surface area (Å²) in [5.41, 5.74) is -1.68. The molecular weight excluding hydrogens is 463 g/mol. The zero-order chi connectivity index (χ0) is 23.1. The van der Waals surface area contributed by atoms with Gasteiger partial charge in [0.05, 0.1) is 30.8 Å². The van der Waals surface area contributed by atoms with Crippen LogP contribution in [0.3, 0.4) is 0 Å². The number of carbonyl (C=O) groups excluding carboxylic acids is 1. The number of nitriles is 2. The first kappa shape index (κ1) is 21.8. The molecule has 2 heterocycles. The van der Waals surface area contributed by atoms with Crippen LogP contribution in [0.1, 0.15) is 11.1 Å². The first-order valence-electron chi connectivity index (χ1n) is 9.21. The van der Waals surface area contributed by atoms with Gasteiger partial charge in [-0.3, -0.25) is 0 Å². The van der Waals surface area contributed by atoms with E-state index >= 15 is 0 Å². The maximum Gasteiger partial charge on any atom is 0.408 e. The van der Waals surface area contributed by atoms with E-state index in [1.807, 2.05) is 6.07 Å². The number of hydrogen-bond acceptors (Lipinski definition) is 7. The summed E-state index contributed by atoms with van der Waals surface area (Å²) in [6.45, 7) is -0.510. The van der Waals surface area contributed by atoms with Gasteiger partial charge in [-0.1, -0.05) is 11.6 Å². The van der Waals surface area contributed by atoms with Crippen LogP contribution in [0.2, 0.25) is 5.02 Å². The van der Waals surface area contributed by atoms with Crippen molar-refractivity contribution < 1.29 is 27.1 Å². The number of nitrogens with zero attached hydrogens (tertiary/aromatic N) is 3. The van der Waals surface area contributed by atoms with Crippen LogP contribution in [0.25, 0.3) is 0 Å². The molecule has 1 amide bonds. The zero-order valence-corrected chi connectivity index (χ0v) is 17.8. The number of rotatable bonds is 4. The smallest absolute Gasteiger partial charge is 0.408 e. The Morgan fingerprint density at radius 3 is 2.59 bits per heavy atom. The summed E-state index contributed by atoms with van der Waals surface area (Å²) in [5.74, 6) is -0.764. The third kappa shape index (κ3) is 3.71. The fraction of sp³-hybridized carbons (Fsp3) is 0.250. The lowest BCUT2D eigenvalue weighted by molar-refractivity contribution is -0.00569. The molecule has 32 heavy (non-hydrogen) atoms. The van der Waals surface area contributed by atoms with E-state index in [0.29, 0.717) is 0 Å². The van der Waals surface area contributed by atoms with Crippen molar-refractivity contribution in [2.75, 3.05) is 19.6 Å². The van der Waals surface area contributed by atoms with Crippen LogP contribution in [-0.4, -0.2) is 50.2 Å². The Morgan fingerprint density at radius 1 is 1.22 bits per heavy atom. The maximum atomic E-state index is 14.0. The molecule has 2 fully saturated rings. The highest BCUT2D eigenvalue weighted by Crippen LogP contribution is 2.36. The number of sulfonamides is 1. The molecule has 2 saturated heterocycles. The van der Waals surface area contributed by atoms with Gasteiger partial charge in [-0.05, 0) is 30.3 Å². The summed E-state index contributed by atoms with van der Waals surface area (Å²) in [4.78, 5) is 11.5. The number of ether oxygens (including phenoxy) is 2. The monoisotopic (exact) mass is 476 g/mol. The highest BCUT2D eigenvalue weighted by atomic mass is 35.5. The van der Waals surface area contributed by atoms with E-state index in [1.165, 1.54) is 30.3 Å². The standard InChI is InChI=1S/C20H14ClFN4O5S/c21-14-2-4-17(13(5-14)8-24)32(28,29)26-9-18(20(11-26)10-25-19(27)31-20)30-15-3-1-12(7-23)16(22)6-15/h1-6,18H,9-11H2,(H,25,27)/t18-,20-/m0/s1. The lowest BCUT2D eigenvalue weighted by Crippen LogP contribution is -2.48. The number of amides is 1. The third-order valence-electron chi connectivity index (χ3n) is 5.25. The van der Waals surface area contributed by atoms with Crippen molar-refractivity contribution in [1.29, 1.82) is 10.5 Å². The first-order valence-corrected chi connectivity index (χ1v) is 11.0. The summed E-state index contributed by atoms with van der Waals surface area (Å²) in [6, 6.07) is 10.9. The summed E-state index contributed by atoms with van der Waals surface area (Å²) in [6.07, 6.45) is -1.73. The predicted octanol–water partition coefficient (Wildman–Crippen LogP) is 2.15. The molecule has 0 bridgehead atoms. The number of carbonyl (C=O) groups is 1. The highest BCUT2D eigenvalue weighted by molar-refractivity contribution is 7.89. The summed E-state index contributed by atoms with van der Waals surface area (Å²) >= 11 is 5.87. The van der Waals surface area contributed by atoms with Crippen LogP contribution in [0.5, 0.6) is 5.75 Å². The molecule has 0 aromatic heterocycles. The Bertz CT molecular complexity index is 1310. The van der Waals surface area contributed by atoms with Crippen molar-refractivity contribution >= 4 is 27.7 Å². The minimum absolute atomic E-state index is 0.0347. The van der Waals surface area contributed by atoms with Crippen molar-refractivity contribution in [1.82, 2.24) is 9.62 Å². The minimum atomic E-state index is -4.19. The van der Waals surface area contributed by atoms with Gasteiger partial charge in [-0.25, -0.2) is 17.6 Å². The van der Waals surface area contributed by atoms with E-state index in [4.69, 9.17) is 26.3 Å². The fourth-order valence-corrected chi connectivity index (χ4v) is 5.46. The van der Waals surface area contributed by atoms with Gasteiger partial charge in [-0.15, -0.1) is 0 Å². The molecule has 2 aliphatic heterocycles. The predicted molar refractivity (Wildman–Crippen MR) is 108 cm³/mol. The quantitative estimate of drug-likeness (QED) is 0.714. The summed E-state index contributed by atoms with van der Waals surface area (Å²) in [5, 5.41) is 20.9. The first-order chi connectivity index (χ1) is 15.2. The van der Waals surface area contributed by atoms with Crippen molar-refractivity contribution in [2.45, 2.75) is 16.6 Å². The van der Waals surface area contributed by atoms with E-state index < -0.39 is 33.6 Å². The highest BCUT2D eigenvalue weighted by Gasteiger charge is 2.57. The molecule has 1 N–H and O–H groups in total. The number of benzene rings is 2. The Morgan fingerprint density at radius 2 is 1.97 bits per heavy atom. The Balaban J connectivity index is 1.68. The van der Waals surface area contributed by atoms with E-state index in [0.717, 1.165) is 10.4 Å². The van der Waals surface area contributed by atoms with E-state index in [9.17, 15) is 22.9 Å². The van der Waals surface area contributed by atoms with Gasteiger partial charge in [0.15, 0.2) is 11.7 Å². The molecule has 0 unspecified atom stereocenters. The number of hydrogen-bond donors (Lipinski definition) is 1. The summed E-state index contributed by atoms with van der Waals surface area (Å²) < 4.78 is 52.9.